The maximum atomic E-state index is 12.2. The minimum atomic E-state index is -1.28. The van der Waals surface area contributed by atoms with Crippen molar-refractivity contribution in [3.8, 4) is 0 Å². The number of hydrogen-bond donors (Lipinski definition) is 4. The fourth-order valence-electron chi connectivity index (χ4n) is 2.47. The summed E-state index contributed by atoms with van der Waals surface area (Å²) < 4.78 is 0. The Kier molecular flexibility index (Phi) is 5.29. The summed E-state index contributed by atoms with van der Waals surface area (Å²) >= 11 is 0. The Bertz CT molecular complexity index is 364. The largest absolute Gasteiger partial charge is 0.480 e. The molecule has 1 aliphatic rings. The van der Waals surface area contributed by atoms with E-state index < -0.39 is 29.8 Å². The van der Waals surface area contributed by atoms with E-state index in [9.17, 15) is 14.4 Å². The Morgan fingerprint density at radius 2 is 1.79 bits per heavy atom. The van der Waals surface area contributed by atoms with Crippen LogP contribution in [-0.2, 0) is 14.4 Å². The van der Waals surface area contributed by atoms with Crippen molar-refractivity contribution in [3.05, 3.63) is 0 Å². The van der Waals surface area contributed by atoms with Crippen LogP contribution in [0.15, 0.2) is 0 Å². The van der Waals surface area contributed by atoms with Crippen molar-refractivity contribution in [1.29, 1.82) is 0 Å². The van der Waals surface area contributed by atoms with Crippen LogP contribution < -0.4 is 16.8 Å². The third-order valence-corrected chi connectivity index (χ3v) is 3.69. The second kappa shape index (κ2) is 6.51. The monoisotopic (exact) mass is 271 g/mol. The molecule has 0 heterocycles. The summed E-state index contributed by atoms with van der Waals surface area (Å²) in [6.07, 6.45) is 3.74. The Morgan fingerprint density at radius 1 is 1.21 bits per heavy atom. The number of nitrogens with one attached hydrogen (secondary N) is 1. The highest BCUT2D eigenvalue weighted by Gasteiger charge is 2.39. The van der Waals surface area contributed by atoms with Crippen LogP contribution in [0.3, 0.4) is 0 Å². The second-order valence-corrected chi connectivity index (χ2v) is 5.08. The summed E-state index contributed by atoms with van der Waals surface area (Å²) in [6.45, 7) is 0.182. The van der Waals surface area contributed by atoms with E-state index in [1.54, 1.807) is 0 Å². The second-order valence-electron chi connectivity index (χ2n) is 5.08. The van der Waals surface area contributed by atoms with Crippen molar-refractivity contribution in [3.63, 3.8) is 0 Å². The lowest BCUT2D eigenvalue weighted by Crippen LogP contribution is -2.53. The summed E-state index contributed by atoms with van der Waals surface area (Å²) in [7, 11) is 0. The molecule has 2 amide bonds. The van der Waals surface area contributed by atoms with Crippen molar-refractivity contribution in [2.75, 3.05) is 6.54 Å². The molecule has 6 N–H and O–H groups in total. The van der Waals surface area contributed by atoms with Crippen LogP contribution >= 0.6 is 0 Å². The minimum Gasteiger partial charge on any atom is -0.480 e. The molecule has 0 radical (unpaired) electrons. The normalized spacial score (nSPS) is 19.4. The highest BCUT2D eigenvalue weighted by Crippen LogP contribution is 2.35. The molecule has 0 unspecified atom stereocenters. The molecule has 108 valence electrons. The maximum Gasteiger partial charge on any atom is 0.326 e. The fourth-order valence-corrected chi connectivity index (χ4v) is 2.47. The highest BCUT2D eigenvalue weighted by molar-refractivity contribution is 5.90. The van der Waals surface area contributed by atoms with Crippen molar-refractivity contribution in [2.24, 2.45) is 16.9 Å². The van der Waals surface area contributed by atoms with Gasteiger partial charge in [-0.15, -0.1) is 0 Å². The Balaban J connectivity index is 2.74. The Hall–Kier alpha value is -1.63. The molecule has 0 aromatic rings. The first-order valence-corrected chi connectivity index (χ1v) is 6.43. The van der Waals surface area contributed by atoms with E-state index in [1.807, 2.05) is 0 Å². The third kappa shape index (κ3) is 3.92. The molecule has 0 saturated heterocycles. The van der Waals surface area contributed by atoms with Gasteiger partial charge in [0.15, 0.2) is 0 Å². The molecule has 7 nitrogen and oxygen atoms in total. The molecule has 0 aliphatic heterocycles. The molecule has 1 atom stereocenters. The molecule has 19 heavy (non-hydrogen) atoms. The molecule has 1 aliphatic carbocycles. The quantitative estimate of drug-likeness (QED) is 0.508. The summed E-state index contributed by atoms with van der Waals surface area (Å²) in [4.78, 5) is 34.0. The van der Waals surface area contributed by atoms with Gasteiger partial charge in [0.2, 0.25) is 11.8 Å². The molecular weight excluding hydrogens is 250 g/mol. The molecular formula is C12H21N3O4. The number of aliphatic carboxylic acids is 1. The molecule has 0 spiro atoms. The lowest BCUT2D eigenvalue weighted by atomic mass is 9.73. The lowest BCUT2D eigenvalue weighted by Gasteiger charge is -2.35. The lowest BCUT2D eigenvalue weighted by molar-refractivity contribution is -0.145. The van der Waals surface area contributed by atoms with Crippen LogP contribution in [-0.4, -0.2) is 35.5 Å². The van der Waals surface area contributed by atoms with Gasteiger partial charge in [0.1, 0.15) is 6.04 Å². The van der Waals surface area contributed by atoms with Gasteiger partial charge >= 0.3 is 5.97 Å². The number of primary amides is 1. The molecule has 0 aromatic heterocycles. The topological polar surface area (TPSA) is 136 Å². The van der Waals surface area contributed by atoms with Gasteiger partial charge < -0.3 is 21.9 Å². The zero-order valence-electron chi connectivity index (χ0n) is 10.9. The zero-order chi connectivity index (χ0) is 14.5. The average molecular weight is 271 g/mol. The van der Waals surface area contributed by atoms with Gasteiger partial charge in [0.05, 0.1) is 11.8 Å². The van der Waals surface area contributed by atoms with Crippen molar-refractivity contribution in [2.45, 2.75) is 44.6 Å². The van der Waals surface area contributed by atoms with E-state index in [4.69, 9.17) is 16.6 Å². The fraction of sp³-hybridized carbons (Fsp3) is 0.750. The number of carbonyl (C=O) groups is 3. The number of carboxylic acids is 1. The molecule has 7 heteroatoms. The van der Waals surface area contributed by atoms with Gasteiger partial charge in [-0.25, -0.2) is 4.79 Å². The Labute approximate surface area is 111 Å². The smallest absolute Gasteiger partial charge is 0.326 e. The summed E-state index contributed by atoms with van der Waals surface area (Å²) in [5.41, 5.74) is 9.96. The van der Waals surface area contributed by atoms with E-state index in [-0.39, 0.29) is 12.5 Å². The molecule has 1 rings (SSSR count). The minimum absolute atomic E-state index is 0.182. The SMILES string of the molecule is NCC1(C(=O)N[C@@H](CC(N)=O)C(=O)O)CCCCC1. The molecule has 1 saturated carbocycles. The van der Waals surface area contributed by atoms with Crippen LogP contribution in [0, 0.1) is 5.41 Å². The number of carbonyl (C=O) groups excluding carboxylic acids is 2. The maximum absolute atomic E-state index is 12.2. The first-order valence-electron chi connectivity index (χ1n) is 6.43. The van der Waals surface area contributed by atoms with Gasteiger partial charge in [-0.2, -0.15) is 0 Å². The molecule has 0 bridgehead atoms. The first kappa shape index (κ1) is 15.4. The third-order valence-electron chi connectivity index (χ3n) is 3.69. The van der Waals surface area contributed by atoms with Crippen LogP contribution in [0.1, 0.15) is 38.5 Å². The summed E-state index contributed by atoms with van der Waals surface area (Å²) in [5.74, 6) is -2.42. The number of amides is 2. The number of hydrogen-bond acceptors (Lipinski definition) is 4. The predicted octanol–water partition coefficient (Wildman–Crippen LogP) is -0.660. The number of nitrogens with two attached hydrogens (primary N) is 2. The standard InChI is InChI=1S/C12H21N3O4/c13-7-12(4-2-1-3-5-12)11(19)15-8(10(17)18)6-9(14)16/h8H,1-7,13H2,(H2,14,16)(H,15,19)(H,17,18)/t8-/m0/s1. The van der Waals surface area contributed by atoms with E-state index in [0.29, 0.717) is 12.8 Å². The predicted molar refractivity (Wildman–Crippen MR) is 68.0 cm³/mol. The Morgan fingerprint density at radius 3 is 2.21 bits per heavy atom. The van der Waals surface area contributed by atoms with Crippen molar-refractivity contribution >= 4 is 17.8 Å². The van der Waals surface area contributed by atoms with Crippen molar-refractivity contribution < 1.29 is 19.5 Å². The van der Waals surface area contributed by atoms with Gasteiger partial charge in [-0.05, 0) is 12.8 Å². The molecule has 1 fully saturated rings. The number of rotatable bonds is 6. The van der Waals surface area contributed by atoms with Crippen molar-refractivity contribution in [1.82, 2.24) is 5.32 Å². The van der Waals surface area contributed by atoms with Gasteiger partial charge in [-0.3, -0.25) is 9.59 Å². The van der Waals surface area contributed by atoms with Gasteiger partial charge in [0, 0.05) is 6.54 Å². The van der Waals surface area contributed by atoms with Crippen LogP contribution in [0.2, 0.25) is 0 Å². The van der Waals surface area contributed by atoms with E-state index in [1.165, 1.54) is 0 Å². The van der Waals surface area contributed by atoms with Crippen LogP contribution in [0.5, 0.6) is 0 Å². The highest BCUT2D eigenvalue weighted by atomic mass is 16.4. The first-order chi connectivity index (χ1) is 8.91. The van der Waals surface area contributed by atoms with E-state index >= 15 is 0 Å². The number of carboxylic acid groups (broad SMARTS) is 1. The molecule has 0 aromatic carbocycles. The van der Waals surface area contributed by atoms with E-state index in [0.717, 1.165) is 19.3 Å². The zero-order valence-corrected chi connectivity index (χ0v) is 10.9. The summed E-state index contributed by atoms with van der Waals surface area (Å²) in [6, 6.07) is -1.28. The summed E-state index contributed by atoms with van der Waals surface area (Å²) in [5, 5.41) is 11.4. The van der Waals surface area contributed by atoms with Crippen LogP contribution in [0.25, 0.3) is 0 Å². The average Bonchev–Trinajstić information content (AvgIpc) is 2.38. The van der Waals surface area contributed by atoms with Gasteiger partial charge in [0.25, 0.3) is 0 Å². The van der Waals surface area contributed by atoms with E-state index in [2.05, 4.69) is 5.32 Å². The van der Waals surface area contributed by atoms with Gasteiger partial charge in [-0.1, -0.05) is 19.3 Å². The van der Waals surface area contributed by atoms with Crippen LogP contribution in [0.4, 0.5) is 0 Å².